The topological polar surface area (TPSA) is 56.0 Å². The van der Waals surface area contributed by atoms with Crippen molar-refractivity contribution in [3.8, 4) is 0 Å². The summed E-state index contributed by atoms with van der Waals surface area (Å²) >= 11 is 3.35. The lowest BCUT2D eigenvalue weighted by atomic mass is 10.1. The Morgan fingerprint density at radius 2 is 2.07 bits per heavy atom. The van der Waals surface area contributed by atoms with Crippen molar-refractivity contribution in [2.45, 2.75) is 6.42 Å². The van der Waals surface area contributed by atoms with Crippen LogP contribution in [0.4, 0.5) is 0 Å². The first-order chi connectivity index (χ1) is 7.28. The van der Waals surface area contributed by atoms with Crippen LogP contribution in [0.3, 0.4) is 0 Å². The molecule has 4 nitrogen and oxygen atoms in total. The zero-order chi connectivity index (χ0) is 10.7. The fourth-order valence-electron chi connectivity index (χ4n) is 1.16. The summed E-state index contributed by atoms with van der Waals surface area (Å²) in [6, 6.07) is 7.78. The van der Waals surface area contributed by atoms with Gasteiger partial charge in [-0.25, -0.2) is 0 Å². The van der Waals surface area contributed by atoms with Crippen LogP contribution >= 0.6 is 15.9 Å². The van der Waals surface area contributed by atoms with E-state index in [1.165, 1.54) is 0 Å². The molecule has 0 aliphatic rings. The highest BCUT2D eigenvalue weighted by molar-refractivity contribution is 9.10. The average molecular weight is 267 g/mol. The number of hydrogen-bond acceptors (Lipinski definition) is 4. The highest BCUT2D eigenvalue weighted by Crippen LogP contribution is 2.13. The predicted octanol–water partition coefficient (Wildman–Crippen LogP) is 2.24. The van der Waals surface area contributed by atoms with Crippen LogP contribution in [0.2, 0.25) is 0 Å². The molecular formula is C10H7BrN2O2. The molecular weight excluding hydrogens is 260 g/mol. The van der Waals surface area contributed by atoms with E-state index in [1.54, 1.807) is 0 Å². The van der Waals surface area contributed by atoms with Gasteiger partial charge in [-0.1, -0.05) is 33.2 Å². The molecule has 1 aromatic heterocycles. The van der Waals surface area contributed by atoms with Crippen molar-refractivity contribution in [1.82, 2.24) is 10.1 Å². The maximum atomic E-state index is 10.3. The molecule has 1 aromatic carbocycles. The summed E-state index contributed by atoms with van der Waals surface area (Å²) < 4.78 is 5.90. The van der Waals surface area contributed by atoms with Crippen LogP contribution < -0.4 is 0 Å². The first-order valence-electron chi connectivity index (χ1n) is 4.30. The Morgan fingerprint density at radius 3 is 2.67 bits per heavy atom. The van der Waals surface area contributed by atoms with Gasteiger partial charge in [0.15, 0.2) is 6.29 Å². The Balaban J connectivity index is 2.14. The zero-order valence-corrected chi connectivity index (χ0v) is 9.27. The van der Waals surface area contributed by atoms with Gasteiger partial charge in [0.05, 0.1) is 6.42 Å². The second-order valence-electron chi connectivity index (χ2n) is 2.97. The molecule has 0 saturated heterocycles. The average Bonchev–Trinajstić information content (AvgIpc) is 2.69. The third kappa shape index (κ3) is 2.50. The highest BCUT2D eigenvalue weighted by atomic mass is 79.9. The molecule has 15 heavy (non-hydrogen) atoms. The summed E-state index contributed by atoms with van der Waals surface area (Å²) in [5, 5.41) is 3.48. The number of hydrogen-bond donors (Lipinski definition) is 0. The third-order valence-corrected chi connectivity index (χ3v) is 2.39. The molecule has 5 heteroatoms. The fraction of sp³-hybridized carbons (Fsp3) is 0.100. The minimum atomic E-state index is 0.0853. The largest absolute Gasteiger partial charge is 0.339 e. The summed E-state index contributed by atoms with van der Waals surface area (Å²) in [4.78, 5) is 14.2. The Kier molecular flexibility index (Phi) is 2.91. The number of halogens is 1. The van der Waals surface area contributed by atoms with Crippen molar-refractivity contribution in [2.24, 2.45) is 0 Å². The molecule has 0 aliphatic carbocycles. The normalized spacial score (nSPS) is 10.2. The fourth-order valence-corrected chi connectivity index (χ4v) is 1.43. The second-order valence-corrected chi connectivity index (χ2v) is 3.88. The van der Waals surface area contributed by atoms with Gasteiger partial charge in [-0.2, -0.15) is 4.98 Å². The van der Waals surface area contributed by atoms with Gasteiger partial charge in [-0.15, -0.1) is 0 Å². The molecule has 2 aromatic rings. The Bertz CT molecular complexity index is 465. The first kappa shape index (κ1) is 10.0. The lowest BCUT2D eigenvalue weighted by Gasteiger charge is -1.95. The number of aromatic nitrogens is 2. The quantitative estimate of drug-likeness (QED) is 0.800. The molecule has 0 atom stereocenters. The highest BCUT2D eigenvalue weighted by Gasteiger charge is 2.05. The molecule has 0 N–H and O–H groups in total. The van der Waals surface area contributed by atoms with E-state index in [0.717, 1.165) is 10.0 Å². The maximum absolute atomic E-state index is 10.3. The van der Waals surface area contributed by atoms with Gasteiger partial charge in [0, 0.05) is 4.47 Å². The lowest BCUT2D eigenvalue weighted by molar-refractivity contribution is 0.111. The molecule has 0 bridgehead atoms. The van der Waals surface area contributed by atoms with Crippen LogP contribution in [0, 0.1) is 0 Å². The SMILES string of the molecule is O=Cc1noc(Cc2ccc(Br)cc2)n1. The van der Waals surface area contributed by atoms with Crippen molar-refractivity contribution in [1.29, 1.82) is 0 Å². The minimum Gasteiger partial charge on any atom is -0.339 e. The van der Waals surface area contributed by atoms with Crippen LogP contribution in [-0.4, -0.2) is 16.4 Å². The molecule has 76 valence electrons. The van der Waals surface area contributed by atoms with Crippen molar-refractivity contribution in [3.63, 3.8) is 0 Å². The maximum Gasteiger partial charge on any atom is 0.235 e. The smallest absolute Gasteiger partial charge is 0.235 e. The first-order valence-corrected chi connectivity index (χ1v) is 5.09. The van der Waals surface area contributed by atoms with Crippen molar-refractivity contribution >= 4 is 22.2 Å². The van der Waals surface area contributed by atoms with E-state index in [9.17, 15) is 4.79 Å². The number of benzene rings is 1. The third-order valence-electron chi connectivity index (χ3n) is 1.86. The molecule has 0 unspecified atom stereocenters. The van der Waals surface area contributed by atoms with Crippen LogP contribution in [0.1, 0.15) is 22.1 Å². The van der Waals surface area contributed by atoms with Gasteiger partial charge < -0.3 is 4.52 Å². The molecule has 0 radical (unpaired) electrons. The van der Waals surface area contributed by atoms with Crippen molar-refractivity contribution in [2.75, 3.05) is 0 Å². The number of rotatable bonds is 3. The number of carbonyl (C=O) groups excluding carboxylic acids is 1. The summed E-state index contributed by atoms with van der Waals surface area (Å²) in [6.07, 6.45) is 1.10. The zero-order valence-electron chi connectivity index (χ0n) is 7.68. The van der Waals surface area contributed by atoms with Gasteiger partial charge >= 0.3 is 0 Å². The van der Waals surface area contributed by atoms with E-state index < -0.39 is 0 Å². The van der Waals surface area contributed by atoms with Crippen LogP contribution in [-0.2, 0) is 6.42 Å². The predicted molar refractivity (Wildman–Crippen MR) is 56.6 cm³/mol. The molecule has 0 fully saturated rings. The van der Waals surface area contributed by atoms with E-state index in [-0.39, 0.29) is 5.82 Å². The molecule has 0 aliphatic heterocycles. The lowest BCUT2D eigenvalue weighted by Crippen LogP contribution is -1.88. The summed E-state index contributed by atoms with van der Waals surface area (Å²) in [6.45, 7) is 0. The van der Waals surface area contributed by atoms with Crippen LogP contribution in [0.5, 0.6) is 0 Å². The van der Waals surface area contributed by atoms with Gasteiger partial charge in [0.2, 0.25) is 11.7 Å². The van der Waals surface area contributed by atoms with Crippen molar-refractivity contribution < 1.29 is 9.32 Å². The van der Waals surface area contributed by atoms with Crippen LogP contribution in [0.15, 0.2) is 33.3 Å². The number of nitrogens with zero attached hydrogens (tertiary/aromatic N) is 2. The van der Waals surface area contributed by atoms with E-state index in [4.69, 9.17) is 4.52 Å². The van der Waals surface area contributed by atoms with Gasteiger partial charge in [0.25, 0.3) is 0 Å². The number of carbonyl (C=O) groups is 1. The molecule has 1 heterocycles. The molecule has 0 spiro atoms. The van der Waals surface area contributed by atoms with E-state index in [0.29, 0.717) is 18.6 Å². The van der Waals surface area contributed by atoms with Gasteiger partial charge in [-0.05, 0) is 17.7 Å². The number of aldehydes is 1. The Morgan fingerprint density at radius 1 is 1.33 bits per heavy atom. The molecule has 0 saturated carbocycles. The van der Waals surface area contributed by atoms with E-state index in [1.807, 2.05) is 24.3 Å². The van der Waals surface area contributed by atoms with Crippen LogP contribution in [0.25, 0.3) is 0 Å². The summed E-state index contributed by atoms with van der Waals surface area (Å²) in [7, 11) is 0. The van der Waals surface area contributed by atoms with E-state index in [2.05, 4.69) is 26.1 Å². The Labute approximate surface area is 94.4 Å². The Hall–Kier alpha value is -1.49. The van der Waals surface area contributed by atoms with Crippen molar-refractivity contribution in [3.05, 3.63) is 46.0 Å². The summed E-state index contributed by atoms with van der Waals surface area (Å²) in [5.74, 6) is 0.529. The van der Waals surface area contributed by atoms with E-state index >= 15 is 0 Å². The van der Waals surface area contributed by atoms with Gasteiger partial charge in [-0.3, -0.25) is 4.79 Å². The summed E-state index contributed by atoms with van der Waals surface area (Å²) in [5.41, 5.74) is 1.05. The molecule has 0 amide bonds. The minimum absolute atomic E-state index is 0.0853. The van der Waals surface area contributed by atoms with Gasteiger partial charge in [0.1, 0.15) is 0 Å². The monoisotopic (exact) mass is 266 g/mol. The second kappa shape index (κ2) is 4.35. The standard InChI is InChI=1S/C10H7BrN2O2/c11-8-3-1-7(2-4-8)5-10-12-9(6-14)13-15-10/h1-4,6H,5H2. The molecule has 2 rings (SSSR count).